The second-order valence-corrected chi connectivity index (χ2v) is 3.06. The molecule has 60 valence electrons. The van der Waals surface area contributed by atoms with E-state index in [2.05, 4.69) is 23.1 Å². The van der Waals surface area contributed by atoms with Crippen molar-refractivity contribution in [3.8, 4) is 6.07 Å². The van der Waals surface area contributed by atoms with Gasteiger partial charge in [0.15, 0.2) is 0 Å². The van der Waals surface area contributed by atoms with Crippen LogP contribution in [-0.4, -0.2) is 17.5 Å². The fourth-order valence-electron chi connectivity index (χ4n) is 1.29. The molecule has 2 nitrogen and oxygen atoms in total. The van der Waals surface area contributed by atoms with E-state index in [1.165, 1.54) is 5.56 Å². The van der Waals surface area contributed by atoms with E-state index in [1.807, 2.05) is 18.2 Å². The lowest BCUT2D eigenvalue weighted by Crippen LogP contribution is -1.99. The van der Waals surface area contributed by atoms with Crippen LogP contribution in [-0.2, 0) is 6.54 Å². The molecule has 1 heterocycles. The van der Waals surface area contributed by atoms with Crippen LogP contribution in [0.2, 0.25) is 0 Å². The third-order valence-electron chi connectivity index (χ3n) is 2.09. The van der Waals surface area contributed by atoms with Gasteiger partial charge in [-0.15, -0.1) is 0 Å². The smallest absolute Gasteiger partial charge is 0.111 e. The maximum absolute atomic E-state index is 8.56. The summed E-state index contributed by atoms with van der Waals surface area (Å²) in [6, 6.07) is 12.7. The Labute approximate surface area is 72.0 Å². The van der Waals surface area contributed by atoms with Crippen molar-refractivity contribution in [1.29, 1.82) is 5.26 Å². The molecule has 2 heteroatoms. The van der Waals surface area contributed by atoms with Crippen LogP contribution in [0.25, 0.3) is 0 Å². The molecule has 1 aromatic rings. The summed E-state index contributed by atoms with van der Waals surface area (Å²) in [6.07, 6.45) is 0. The Hall–Kier alpha value is -1.33. The first-order valence-electron chi connectivity index (χ1n) is 4.08. The molecule has 0 amide bonds. The summed E-state index contributed by atoms with van der Waals surface area (Å²) >= 11 is 0. The van der Waals surface area contributed by atoms with E-state index >= 15 is 0 Å². The molecule has 0 bridgehead atoms. The van der Waals surface area contributed by atoms with Gasteiger partial charge in [0.25, 0.3) is 0 Å². The second kappa shape index (κ2) is 2.96. The van der Waals surface area contributed by atoms with E-state index < -0.39 is 0 Å². The molecule has 1 aromatic carbocycles. The van der Waals surface area contributed by atoms with Gasteiger partial charge in [-0.05, 0) is 5.56 Å². The molecule has 0 spiro atoms. The fourth-order valence-corrected chi connectivity index (χ4v) is 1.29. The third kappa shape index (κ3) is 1.46. The van der Waals surface area contributed by atoms with Gasteiger partial charge in [0.1, 0.15) is 6.04 Å². The van der Waals surface area contributed by atoms with Gasteiger partial charge in [0.05, 0.1) is 6.07 Å². The Bertz CT molecular complexity index is 299. The van der Waals surface area contributed by atoms with Gasteiger partial charge in [0.2, 0.25) is 0 Å². The van der Waals surface area contributed by atoms with Crippen LogP contribution in [0.15, 0.2) is 30.3 Å². The Morgan fingerprint density at radius 2 is 2.17 bits per heavy atom. The zero-order chi connectivity index (χ0) is 8.39. The molecule has 1 aliphatic heterocycles. The fraction of sp³-hybridized carbons (Fsp3) is 0.300. The number of hydrogen-bond acceptors (Lipinski definition) is 2. The molecule has 2 atom stereocenters. The minimum atomic E-state index is 0.171. The highest BCUT2D eigenvalue weighted by molar-refractivity contribution is 5.17. The maximum atomic E-state index is 8.56. The van der Waals surface area contributed by atoms with Gasteiger partial charge in [0, 0.05) is 13.1 Å². The molecule has 0 aromatic heterocycles. The molecular formula is C10H10N2. The molecule has 1 unspecified atom stereocenters. The summed E-state index contributed by atoms with van der Waals surface area (Å²) in [4.78, 5) is 2.15. The first kappa shape index (κ1) is 7.33. The van der Waals surface area contributed by atoms with Crippen LogP contribution in [0.5, 0.6) is 0 Å². The zero-order valence-electron chi connectivity index (χ0n) is 6.77. The summed E-state index contributed by atoms with van der Waals surface area (Å²) in [5.74, 6) is 0. The van der Waals surface area contributed by atoms with Crippen molar-refractivity contribution >= 4 is 0 Å². The first-order valence-corrected chi connectivity index (χ1v) is 4.08. The van der Waals surface area contributed by atoms with Crippen LogP contribution >= 0.6 is 0 Å². The van der Waals surface area contributed by atoms with E-state index in [0.29, 0.717) is 0 Å². The standard InChI is InChI=1S/C10H10N2/c11-6-10-8-12(10)7-9-4-2-1-3-5-9/h1-5,10H,7-8H2/t10-,12?/m1/s1. The minimum Gasteiger partial charge on any atom is -0.280 e. The van der Waals surface area contributed by atoms with Crippen LogP contribution < -0.4 is 0 Å². The van der Waals surface area contributed by atoms with Gasteiger partial charge in [-0.2, -0.15) is 5.26 Å². The number of rotatable bonds is 2. The SMILES string of the molecule is N#C[C@@H]1CN1Cc1ccccc1. The number of benzene rings is 1. The lowest BCUT2D eigenvalue weighted by molar-refractivity contribution is 0.532. The van der Waals surface area contributed by atoms with Crippen molar-refractivity contribution in [2.45, 2.75) is 12.6 Å². The Morgan fingerprint density at radius 3 is 2.75 bits per heavy atom. The summed E-state index contributed by atoms with van der Waals surface area (Å²) in [5, 5.41) is 8.56. The highest BCUT2D eigenvalue weighted by Crippen LogP contribution is 2.19. The molecule has 12 heavy (non-hydrogen) atoms. The average Bonchev–Trinajstić information content (AvgIpc) is 2.85. The predicted molar refractivity (Wildman–Crippen MR) is 46.3 cm³/mol. The van der Waals surface area contributed by atoms with Crippen LogP contribution in [0.3, 0.4) is 0 Å². The number of hydrogen-bond donors (Lipinski definition) is 0. The van der Waals surface area contributed by atoms with E-state index in [1.54, 1.807) is 0 Å². The van der Waals surface area contributed by atoms with E-state index in [-0.39, 0.29) is 6.04 Å². The van der Waals surface area contributed by atoms with Crippen LogP contribution in [0, 0.1) is 11.3 Å². The minimum absolute atomic E-state index is 0.171. The van der Waals surface area contributed by atoms with Gasteiger partial charge >= 0.3 is 0 Å². The Kier molecular flexibility index (Phi) is 1.81. The molecule has 0 aliphatic carbocycles. The normalized spacial score (nSPS) is 26.2. The lowest BCUT2D eigenvalue weighted by atomic mass is 10.2. The highest BCUT2D eigenvalue weighted by Gasteiger charge is 2.33. The zero-order valence-corrected chi connectivity index (χ0v) is 6.77. The molecule has 0 radical (unpaired) electrons. The quantitative estimate of drug-likeness (QED) is 0.608. The molecule has 0 N–H and O–H groups in total. The predicted octanol–water partition coefficient (Wildman–Crippen LogP) is 1.39. The van der Waals surface area contributed by atoms with Gasteiger partial charge in [-0.25, -0.2) is 0 Å². The average molecular weight is 158 g/mol. The van der Waals surface area contributed by atoms with E-state index in [9.17, 15) is 0 Å². The maximum Gasteiger partial charge on any atom is 0.111 e. The molecule has 1 saturated heterocycles. The third-order valence-corrected chi connectivity index (χ3v) is 2.09. The lowest BCUT2D eigenvalue weighted by Gasteiger charge is -1.99. The molecule has 0 saturated carbocycles. The molecule has 2 rings (SSSR count). The van der Waals surface area contributed by atoms with Gasteiger partial charge in [-0.1, -0.05) is 30.3 Å². The van der Waals surface area contributed by atoms with E-state index in [4.69, 9.17) is 5.26 Å². The topological polar surface area (TPSA) is 26.8 Å². The van der Waals surface area contributed by atoms with Crippen molar-refractivity contribution in [2.75, 3.05) is 6.54 Å². The summed E-state index contributed by atoms with van der Waals surface area (Å²) in [6.45, 7) is 1.85. The molecule has 1 fully saturated rings. The van der Waals surface area contributed by atoms with Crippen molar-refractivity contribution in [2.24, 2.45) is 0 Å². The largest absolute Gasteiger partial charge is 0.280 e. The summed E-state index contributed by atoms with van der Waals surface area (Å²) in [7, 11) is 0. The van der Waals surface area contributed by atoms with Crippen molar-refractivity contribution in [3.63, 3.8) is 0 Å². The van der Waals surface area contributed by atoms with Crippen molar-refractivity contribution in [3.05, 3.63) is 35.9 Å². The van der Waals surface area contributed by atoms with Crippen LogP contribution in [0.1, 0.15) is 5.56 Å². The highest BCUT2D eigenvalue weighted by atomic mass is 15.3. The van der Waals surface area contributed by atoms with Crippen molar-refractivity contribution in [1.82, 2.24) is 4.90 Å². The first-order chi connectivity index (χ1) is 5.90. The number of nitriles is 1. The number of nitrogens with zero attached hydrogens (tertiary/aromatic N) is 2. The molecule has 1 aliphatic rings. The summed E-state index contributed by atoms with van der Waals surface area (Å²) in [5.41, 5.74) is 1.29. The van der Waals surface area contributed by atoms with Crippen molar-refractivity contribution < 1.29 is 0 Å². The monoisotopic (exact) mass is 158 g/mol. The van der Waals surface area contributed by atoms with E-state index in [0.717, 1.165) is 13.1 Å². The van der Waals surface area contributed by atoms with Gasteiger partial charge in [-0.3, -0.25) is 4.90 Å². The van der Waals surface area contributed by atoms with Crippen LogP contribution in [0.4, 0.5) is 0 Å². The Balaban J connectivity index is 1.95. The summed E-state index contributed by atoms with van der Waals surface area (Å²) < 4.78 is 0. The molecular weight excluding hydrogens is 148 g/mol. The Morgan fingerprint density at radius 1 is 1.42 bits per heavy atom. The van der Waals surface area contributed by atoms with Gasteiger partial charge < -0.3 is 0 Å². The second-order valence-electron chi connectivity index (χ2n) is 3.06.